The van der Waals surface area contributed by atoms with Gasteiger partial charge in [-0.25, -0.2) is 13.1 Å². The summed E-state index contributed by atoms with van der Waals surface area (Å²) in [4.78, 5) is 2.21. The first-order valence-corrected chi connectivity index (χ1v) is 8.64. The summed E-state index contributed by atoms with van der Waals surface area (Å²) < 4.78 is 27.5. The highest BCUT2D eigenvalue weighted by molar-refractivity contribution is 9.10. The molecule has 0 unspecified atom stereocenters. The largest absolute Gasteiger partial charge is 0.392 e. The quantitative estimate of drug-likeness (QED) is 0.770. The number of aliphatic hydroxyl groups is 1. The molecule has 114 valence electrons. The van der Waals surface area contributed by atoms with Crippen molar-refractivity contribution in [2.45, 2.75) is 31.4 Å². The van der Waals surface area contributed by atoms with Crippen LogP contribution < -0.4 is 4.72 Å². The van der Waals surface area contributed by atoms with Crippen LogP contribution in [0.3, 0.4) is 0 Å². The second-order valence-corrected chi connectivity index (χ2v) is 7.48. The van der Waals surface area contributed by atoms with E-state index in [0.29, 0.717) is 29.2 Å². The number of aliphatic hydroxyl groups excluding tert-OH is 1. The van der Waals surface area contributed by atoms with Crippen LogP contribution in [0.25, 0.3) is 0 Å². The minimum atomic E-state index is -3.58. The summed E-state index contributed by atoms with van der Waals surface area (Å²) in [5.74, 6) is 0. The number of halogens is 1. The molecule has 0 bridgehead atoms. The van der Waals surface area contributed by atoms with E-state index >= 15 is 0 Å². The van der Waals surface area contributed by atoms with Crippen molar-refractivity contribution in [1.29, 1.82) is 0 Å². The van der Waals surface area contributed by atoms with Gasteiger partial charge < -0.3 is 10.0 Å². The molecular formula is C13H21BrN2O3S. The van der Waals surface area contributed by atoms with Crippen molar-refractivity contribution in [2.24, 2.45) is 0 Å². The number of hydrogen-bond acceptors (Lipinski definition) is 4. The minimum Gasteiger partial charge on any atom is -0.392 e. The van der Waals surface area contributed by atoms with Gasteiger partial charge in [-0.2, -0.15) is 0 Å². The molecule has 5 nitrogen and oxygen atoms in total. The van der Waals surface area contributed by atoms with Gasteiger partial charge in [0, 0.05) is 23.6 Å². The van der Waals surface area contributed by atoms with E-state index in [1.807, 2.05) is 7.05 Å². The Bertz CT molecular complexity index is 547. The summed E-state index contributed by atoms with van der Waals surface area (Å²) in [5.41, 5.74) is 0.563. The van der Waals surface area contributed by atoms with Gasteiger partial charge in [0.05, 0.1) is 11.5 Å². The number of benzene rings is 1. The van der Waals surface area contributed by atoms with Crippen LogP contribution in [0.4, 0.5) is 0 Å². The van der Waals surface area contributed by atoms with Crippen molar-refractivity contribution in [3.8, 4) is 0 Å². The van der Waals surface area contributed by atoms with Crippen LogP contribution in [-0.4, -0.2) is 44.6 Å². The molecule has 0 spiro atoms. The van der Waals surface area contributed by atoms with Crippen molar-refractivity contribution in [3.63, 3.8) is 0 Å². The lowest BCUT2D eigenvalue weighted by Gasteiger charge is -2.21. The monoisotopic (exact) mass is 364 g/mol. The molecule has 0 aliphatic heterocycles. The van der Waals surface area contributed by atoms with Gasteiger partial charge in [0.1, 0.15) is 0 Å². The van der Waals surface area contributed by atoms with Crippen molar-refractivity contribution >= 4 is 26.0 Å². The molecule has 20 heavy (non-hydrogen) atoms. The van der Waals surface area contributed by atoms with E-state index < -0.39 is 10.0 Å². The molecule has 0 radical (unpaired) electrons. The fourth-order valence-corrected chi connectivity index (χ4v) is 3.58. The second-order valence-electron chi connectivity index (χ2n) is 4.90. The summed E-state index contributed by atoms with van der Waals surface area (Å²) in [6.45, 7) is 4.89. The van der Waals surface area contributed by atoms with Gasteiger partial charge in [0.2, 0.25) is 10.0 Å². The standard InChI is InChI=1S/C13H21BrN2O3S/c1-10(2)16(3)7-6-15-20(18,19)13-8-11(9-17)4-5-12(13)14/h4-5,8,10,15,17H,6-7,9H2,1-3H3. The van der Waals surface area contributed by atoms with Crippen LogP contribution in [0.15, 0.2) is 27.6 Å². The van der Waals surface area contributed by atoms with E-state index in [1.165, 1.54) is 6.07 Å². The molecule has 7 heteroatoms. The average Bonchev–Trinajstić information content (AvgIpc) is 2.38. The zero-order valence-corrected chi connectivity index (χ0v) is 14.3. The molecule has 0 aromatic heterocycles. The summed E-state index contributed by atoms with van der Waals surface area (Å²) in [6.07, 6.45) is 0. The zero-order valence-electron chi connectivity index (χ0n) is 11.9. The number of hydrogen-bond donors (Lipinski definition) is 2. The first-order valence-electron chi connectivity index (χ1n) is 6.37. The smallest absolute Gasteiger partial charge is 0.241 e. The molecule has 0 amide bonds. The summed E-state index contributed by atoms with van der Waals surface area (Å²) in [5, 5.41) is 9.09. The first-order chi connectivity index (χ1) is 9.27. The fraction of sp³-hybridized carbons (Fsp3) is 0.538. The van der Waals surface area contributed by atoms with Gasteiger partial charge in [-0.05, 0) is 54.5 Å². The molecule has 0 saturated carbocycles. The van der Waals surface area contributed by atoms with Gasteiger partial charge in [-0.15, -0.1) is 0 Å². The van der Waals surface area contributed by atoms with Gasteiger partial charge in [-0.1, -0.05) is 6.07 Å². The first kappa shape index (κ1) is 17.6. The highest BCUT2D eigenvalue weighted by Gasteiger charge is 2.18. The zero-order chi connectivity index (χ0) is 15.3. The maximum atomic E-state index is 12.2. The maximum absolute atomic E-state index is 12.2. The number of nitrogens with zero attached hydrogens (tertiary/aromatic N) is 1. The van der Waals surface area contributed by atoms with Gasteiger partial charge >= 0.3 is 0 Å². The molecule has 1 rings (SSSR count). The average molecular weight is 365 g/mol. The molecule has 2 N–H and O–H groups in total. The van der Waals surface area contributed by atoms with Crippen molar-refractivity contribution in [1.82, 2.24) is 9.62 Å². The molecule has 0 aliphatic carbocycles. The third-order valence-electron chi connectivity index (χ3n) is 3.11. The Balaban J connectivity index is 2.79. The Hall–Kier alpha value is -0.470. The van der Waals surface area contributed by atoms with Gasteiger partial charge in [-0.3, -0.25) is 0 Å². The number of nitrogens with one attached hydrogen (secondary N) is 1. The van der Waals surface area contributed by atoms with E-state index in [9.17, 15) is 8.42 Å². The lowest BCUT2D eigenvalue weighted by atomic mass is 10.2. The lowest BCUT2D eigenvalue weighted by Crippen LogP contribution is -2.36. The minimum absolute atomic E-state index is 0.149. The molecule has 1 aromatic carbocycles. The molecular weight excluding hydrogens is 344 g/mol. The maximum Gasteiger partial charge on any atom is 0.241 e. The highest BCUT2D eigenvalue weighted by Crippen LogP contribution is 2.23. The van der Waals surface area contributed by atoms with Crippen LogP contribution in [0, 0.1) is 0 Å². The van der Waals surface area contributed by atoms with Gasteiger partial charge in [0.25, 0.3) is 0 Å². The predicted molar refractivity (Wildman–Crippen MR) is 83.0 cm³/mol. The van der Waals surface area contributed by atoms with Crippen LogP contribution in [0.2, 0.25) is 0 Å². The van der Waals surface area contributed by atoms with Crippen LogP contribution >= 0.6 is 15.9 Å². The summed E-state index contributed by atoms with van der Waals surface area (Å²) >= 11 is 3.23. The summed E-state index contributed by atoms with van der Waals surface area (Å²) in [6, 6.07) is 5.14. The Labute approximate surface area is 129 Å². The predicted octanol–water partition coefficient (Wildman–Crippen LogP) is 1.56. The Morgan fingerprint density at radius 1 is 1.40 bits per heavy atom. The van der Waals surface area contributed by atoms with E-state index in [0.717, 1.165) is 0 Å². The third-order valence-corrected chi connectivity index (χ3v) is 5.56. The van der Waals surface area contributed by atoms with Gasteiger partial charge in [0.15, 0.2) is 0 Å². The lowest BCUT2D eigenvalue weighted by molar-refractivity contribution is 0.278. The van der Waals surface area contributed by atoms with E-state index in [1.54, 1.807) is 12.1 Å². The number of likely N-dealkylation sites (N-methyl/N-ethyl adjacent to an activating group) is 1. The van der Waals surface area contributed by atoms with Crippen molar-refractivity contribution < 1.29 is 13.5 Å². The SMILES string of the molecule is CC(C)N(C)CCNS(=O)(=O)c1cc(CO)ccc1Br. The fourth-order valence-electron chi connectivity index (χ4n) is 1.54. The second kappa shape index (κ2) is 7.51. The van der Waals surface area contributed by atoms with E-state index in [2.05, 4.69) is 39.4 Å². The van der Waals surface area contributed by atoms with E-state index in [-0.39, 0.29) is 11.5 Å². The number of sulfonamides is 1. The Morgan fingerprint density at radius 3 is 2.60 bits per heavy atom. The van der Waals surface area contributed by atoms with Crippen LogP contribution in [-0.2, 0) is 16.6 Å². The molecule has 0 atom stereocenters. The molecule has 0 fully saturated rings. The van der Waals surface area contributed by atoms with Crippen LogP contribution in [0.5, 0.6) is 0 Å². The number of rotatable bonds is 7. The van der Waals surface area contributed by atoms with E-state index in [4.69, 9.17) is 5.11 Å². The molecule has 1 aromatic rings. The Kier molecular flexibility index (Phi) is 6.60. The van der Waals surface area contributed by atoms with Crippen LogP contribution in [0.1, 0.15) is 19.4 Å². The van der Waals surface area contributed by atoms with Crippen molar-refractivity contribution in [2.75, 3.05) is 20.1 Å². The Morgan fingerprint density at radius 2 is 2.05 bits per heavy atom. The molecule has 0 saturated heterocycles. The third kappa shape index (κ3) is 4.82. The normalized spacial score (nSPS) is 12.3. The molecule has 0 aliphatic rings. The highest BCUT2D eigenvalue weighted by atomic mass is 79.9. The summed E-state index contributed by atoms with van der Waals surface area (Å²) in [7, 11) is -1.63. The van der Waals surface area contributed by atoms with Crippen molar-refractivity contribution in [3.05, 3.63) is 28.2 Å². The molecule has 0 heterocycles. The topological polar surface area (TPSA) is 69.6 Å².